The lowest BCUT2D eigenvalue weighted by atomic mass is 9.68. The molecule has 150 valence electrons. The van der Waals surface area contributed by atoms with E-state index in [1.54, 1.807) is 29.6 Å². The molecule has 3 aromatic heterocycles. The summed E-state index contributed by atoms with van der Waals surface area (Å²) in [5.74, 6) is 0.145. The van der Waals surface area contributed by atoms with Crippen molar-refractivity contribution in [1.29, 1.82) is 10.5 Å². The third-order valence-electron chi connectivity index (χ3n) is 5.76. The summed E-state index contributed by atoms with van der Waals surface area (Å²) < 4.78 is 0. The molecule has 5 rings (SSSR count). The van der Waals surface area contributed by atoms with Gasteiger partial charge in [-0.05, 0) is 36.6 Å². The van der Waals surface area contributed by atoms with E-state index in [0.29, 0.717) is 18.5 Å². The average Bonchev–Trinajstić information content (AvgIpc) is 3.26. The third-order valence-corrected chi connectivity index (χ3v) is 5.76. The van der Waals surface area contributed by atoms with Gasteiger partial charge in [0.05, 0.1) is 41.7 Å². The lowest BCUT2D eigenvalue weighted by Crippen LogP contribution is -2.47. The van der Waals surface area contributed by atoms with Crippen LogP contribution in [0.1, 0.15) is 19.3 Å². The van der Waals surface area contributed by atoms with Crippen LogP contribution < -0.4 is 5.73 Å². The summed E-state index contributed by atoms with van der Waals surface area (Å²) in [7, 11) is 0. The third kappa shape index (κ3) is 3.13. The molecule has 2 N–H and O–H groups in total. The maximum atomic E-state index is 9.30. The smallest absolute Gasteiger partial charge is 0.219 e. The Morgan fingerprint density at radius 1 is 1.10 bits per heavy atom. The zero-order chi connectivity index (χ0) is 21.4. The van der Waals surface area contributed by atoms with Crippen LogP contribution in [0.2, 0.25) is 0 Å². The first-order chi connectivity index (χ1) is 15.1. The minimum atomic E-state index is -0.524. The molecule has 31 heavy (non-hydrogen) atoms. The first kappa shape index (κ1) is 18.6. The molecule has 0 aliphatic heterocycles. The molecule has 3 heterocycles. The van der Waals surface area contributed by atoms with E-state index < -0.39 is 5.54 Å². The van der Waals surface area contributed by atoms with Gasteiger partial charge in [0.15, 0.2) is 0 Å². The summed E-state index contributed by atoms with van der Waals surface area (Å²) in [6.45, 7) is 0. The lowest BCUT2D eigenvalue weighted by molar-refractivity contribution is 0.0713. The van der Waals surface area contributed by atoms with E-state index >= 15 is 0 Å². The fourth-order valence-corrected chi connectivity index (χ4v) is 4.14. The average molecular weight is 407 g/mol. The number of benzene rings is 1. The number of nitrogens with zero attached hydrogens (tertiary/aromatic N) is 8. The van der Waals surface area contributed by atoms with Crippen molar-refractivity contribution in [3.05, 3.63) is 49.1 Å². The molecule has 1 saturated carbocycles. The molecule has 0 amide bonds. The second kappa shape index (κ2) is 7.15. The van der Waals surface area contributed by atoms with Crippen LogP contribution in [0.25, 0.3) is 33.3 Å². The van der Waals surface area contributed by atoms with Crippen LogP contribution in [-0.4, -0.2) is 29.9 Å². The van der Waals surface area contributed by atoms with Crippen LogP contribution in [0.15, 0.2) is 49.1 Å². The van der Waals surface area contributed by atoms with Crippen LogP contribution in [-0.2, 0) is 5.54 Å². The Labute approximate surface area is 177 Å². The van der Waals surface area contributed by atoms with Crippen molar-refractivity contribution in [1.82, 2.24) is 29.9 Å². The number of hydrogen-bond acceptors (Lipinski definition) is 8. The number of nitrogens with two attached hydrogens (primary N) is 1. The Bertz CT molecular complexity index is 1350. The SMILES string of the molecule is N#CCC1(n2ncc(-c3cc(-c4cnc(N)nc4)cc4ncccc34)n2)CC(C#N)C1. The zero-order valence-corrected chi connectivity index (χ0v) is 16.5. The van der Waals surface area contributed by atoms with Gasteiger partial charge in [0, 0.05) is 35.1 Å². The molecule has 0 radical (unpaired) electrons. The highest BCUT2D eigenvalue weighted by molar-refractivity contribution is 5.97. The summed E-state index contributed by atoms with van der Waals surface area (Å²) in [6.07, 6.45) is 8.21. The fraction of sp³-hybridized carbons (Fsp3) is 0.227. The lowest BCUT2D eigenvalue weighted by Gasteiger charge is -2.42. The zero-order valence-electron chi connectivity index (χ0n) is 16.5. The van der Waals surface area contributed by atoms with Crippen molar-refractivity contribution in [2.75, 3.05) is 5.73 Å². The van der Waals surface area contributed by atoms with Gasteiger partial charge in [0.25, 0.3) is 0 Å². The van der Waals surface area contributed by atoms with E-state index in [1.165, 1.54) is 0 Å². The van der Waals surface area contributed by atoms with E-state index in [2.05, 4.69) is 32.2 Å². The summed E-state index contributed by atoms with van der Waals surface area (Å²) in [6, 6.07) is 12.3. The molecule has 1 aromatic carbocycles. The molecule has 0 atom stereocenters. The predicted molar refractivity (Wildman–Crippen MR) is 113 cm³/mol. The molecule has 0 saturated heterocycles. The molecule has 0 unspecified atom stereocenters. The molecule has 0 bridgehead atoms. The standard InChI is InChI=1S/C22H17N9/c23-4-3-22(8-14(9-22)10-24)31-29-13-20(30-31)18-6-15(16-11-27-21(25)28-12-16)7-19-17(18)2-1-5-26-19/h1-2,5-7,11-14H,3,8-9H2,(H2,25,27,28). The predicted octanol–water partition coefficient (Wildman–Crippen LogP) is 3.08. The maximum absolute atomic E-state index is 9.30. The molecule has 1 fully saturated rings. The van der Waals surface area contributed by atoms with Crippen molar-refractivity contribution >= 4 is 16.9 Å². The van der Waals surface area contributed by atoms with Crippen molar-refractivity contribution < 1.29 is 0 Å². The van der Waals surface area contributed by atoms with E-state index in [4.69, 9.17) is 10.8 Å². The van der Waals surface area contributed by atoms with E-state index in [9.17, 15) is 10.5 Å². The van der Waals surface area contributed by atoms with Crippen LogP contribution >= 0.6 is 0 Å². The quantitative estimate of drug-likeness (QED) is 0.543. The number of rotatable bonds is 4. The Morgan fingerprint density at radius 3 is 2.65 bits per heavy atom. The molecule has 4 aromatic rings. The number of anilines is 1. The second-order valence-corrected chi connectivity index (χ2v) is 7.74. The van der Waals surface area contributed by atoms with E-state index in [-0.39, 0.29) is 18.3 Å². The van der Waals surface area contributed by atoms with Crippen molar-refractivity contribution in [2.45, 2.75) is 24.8 Å². The molecular formula is C22H17N9. The number of aromatic nitrogens is 6. The highest BCUT2D eigenvalue weighted by atomic mass is 15.5. The fourth-order valence-electron chi connectivity index (χ4n) is 4.14. The normalized spacial score (nSPS) is 20.0. The minimum Gasteiger partial charge on any atom is -0.368 e. The van der Waals surface area contributed by atoms with Crippen molar-refractivity contribution in [3.63, 3.8) is 0 Å². The van der Waals surface area contributed by atoms with Crippen LogP contribution in [0.4, 0.5) is 5.95 Å². The van der Waals surface area contributed by atoms with Crippen LogP contribution in [0, 0.1) is 28.6 Å². The molecular weight excluding hydrogens is 390 g/mol. The first-order valence-corrected chi connectivity index (χ1v) is 9.78. The van der Waals surface area contributed by atoms with Gasteiger partial charge in [-0.3, -0.25) is 4.98 Å². The van der Waals surface area contributed by atoms with Gasteiger partial charge in [-0.2, -0.15) is 25.5 Å². The Hall–Kier alpha value is -4.37. The van der Waals surface area contributed by atoms with Gasteiger partial charge < -0.3 is 5.73 Å². The maximum Gasteiger partial charge on any atom is 0.219 e. The molecule has 0 spiro atoms. The minimum absolute atomic E-state index is 0.0679. The monoisotopic (exact) mass is 407 g/mol. The van der Waals surface area contributed by atoms with Gasteiger partial charge in [-0.25, -0.2) is 9.97 Å². The van der Waals surface area contributed by atoms with Gasteiger partial charge in [-0.15, -0.1) is 0 Å². The van der Waals surface area contributed by atoms with Gasteiger partial charge in [-0.1, -0.05) is 6.07 Å². The number of pyridine rings is 1. The van der Waals surface area contributed by atoms with Gasteiger partial charge in [0.1, 0.15) is 5.69 Å². The number of nitriles is 2. The molecule has 1 aliphatic carbocycles. The van der Waals surface area contributed by atoms with Crippen LogP contribution in [0.3, 0.4) is 0 Å². The summed E-state index contributed by atoms with van der Waals surface area (Å²) >= 11 is 0. The summed E-state index contributed by atoms with van der Waals surface area (Å²) in [5.41, 5.74) is 9.15. The van der Waals surface area contributed by atoms with Crippen molar-refractivity contribution in [2.24, 2.45) is 5.92 Å². The molecule has 9 heteroatoms. The van der Waals surface area contributed by atoms with Crippen molar-refractivity contribution in [3.8, 4) is 34.5 Å². The first-order valence-electron chi connectivity index (χ1n) is 9.78. The number of fused-ring (bicyclic) bond motifs is 1. The summed E-state index contributed by atoms with van der Waals surface area (Å²) in [5, 5.41) is 28.6. The molecule has 1 aliphatic rings. The van der Waals surface area contributed by atoms with Gasteiger partial charge >= 0.3 is 0 Å². The van der Waals surface area contributed by atoms with Gasteiger partial charge in [0.2, 0.25) is 5.95 Å². The second-order valence-electron chi connectivity index (χ2n) is 7.74. The van der Waals surface area contributed by atoms with E-state index in [1.807, 2.05) is 24.3 Å². The largest absolute Gasteiger partial charge is 0.368 e. The number of nitrogen functional groups attached to an aromatic ring is 1. The summed E-state index contributed by atoms with van der Waals surface area (Å²) in [4.78, 5) is 14.3. The highest BCUT2D eigenvalue weighted by Gasteiger charge is 2.48. The Balaban J connectivity index is 1.62. The Kier molecular flexibility index (Phi) is 4.30. The van der Waals surface area contributed by atoms with E-state index in [0.717, 1.165) is 27.6 Å². The topological polar surface area (TPSA) is 143 Å². The number of hydrogen-bond donors (Lipinski definition) is 1. The van der Waals surface area contributed by atoms with Crippen LogP contribution in [0.5, 0.6) is 0 Å². The molecule has 9 nitrogen and oxygen atoms in total. The highest BCUT2D eigenvalue weighted by Crippen LogP contribution is 2.45. The Morgan fingerprint density at radius 2 is 1.90 bits per heavy atom.